The van der Waals surface area contributed by atoms with Gasteiger partial charge in [0, 0.05) is 18.8 Å². The first kappa shape index (κ1) is 14.3. The number of carbonyl (C=O) groups is 1. The van der Waals surface area contributed by atoms with Crippen LogP contribution in [-0.2, 0) is 11.3 Å². The Morgan fingerprint density at radius 3 is 2.75 bits per heavy atom. The minimum absolute atomic E-state index is 0.193. The lowest BCUT2D eigenvalue weighted by molar-refractivity contribution is 0.0527. The van der Waals surface area contributed by atoms with Crippen molar-refractivity contribution >= 4 is 22.7 Å². The zero-order valence-electron chi connectivity index (χ0n) is 12.3. The number of fused-ring (bicyclic) bond motifs is 1. The molecule has 2 heterocycles. The largest absolute Gasteiger partial charge is 0.462 e. The molecule has 0 bridgehead atoms. The van der Waals surface area contributed by atoms with Crippen LogP contribution in [0.4, 0.5) is 5.69 Å². The quantitative estimate of drug-likeness (QED) is 0.849. The smallest absolute Gasteiger partial charge is 0.341 e. The van der Waals surface area contributed by atoms with Gasteiger partial charge in [-0.2, -0.15) is 5.10 Å². The van der Waals surface area contributed by atoms with Gasteiger partial charge in [-0.15, -0.1) is 0 Å². The minimum atomic E-state index is -0.366. The van der Waals surface area contributed by atoms with Crippen LogP contribution in [0.3, 0.4) is 0 Å². The van der Waals surface area contributed by atoms with Crippen molar-refractivity contribution in [1.82, 2.24) is 14.8 Å². The molecular formula is C14H20N4O2. The fourth-order valence-corrected chi connectivity index (χ4v) is 2.07. The van der Waals surface area contributed by atoms with Crippen LogP contribution in [0.15, 0.2) is 12.4 Å². The number of hydrogen-bond donors (Lipinski definition) is 1. The SMILES string of the molecule is CCOC(=O)c1cnc2c(cnn2CC)c1NC(C)C. The lowest BCUT2D eigenvalue weighted by Gasteiger charge is -2.15. The molecule has 2 aromatic heterocycles. The summed E-state index contributed by atoms with van der Waals surface area (Å²) >= 11 is 0. The molecule has 0 saturated heterocycles. The number of anilines is 1. The number of nitrogens with zero attached hydrogens (tertiary/aromatic N) is 3. The van der Waals surface area contributed by atoms with E-state index in [1.807, 2.05) is 20.8 Å². The Hall–Kier alpha value is -2.11. The molecule has 0 amide bonds. The fourth-order valence-electron chi connectivity index (χ4n) is 2.07. The molecule has 0 radical (unpaired) electrons. The normalized spacial score (nSPS) is 11.1. The van der Waals surface area contributed by atoms with E-state index in [0.717, 1.165) is 23.3 Å². The lowest BCUT2D eigenvalue weighted by atomic mass is 10.1. The molecule has 0 aliphatic carbocycles. The number of ether oxygens (including phenoxy) is 1. The topological polar surface area (TPSA) is 69.0 Å². The van der Waals surface area contributed by atoms with Crippen molar-refractivity contribution in [2.75, 3.05) is 11.9 Å². The highest BCUT2D eigenvalue weighted by atomic mass is 16.5. The summed E-state index contributed by atoms with van der Waals surface area (Å²) < 4.78 is 6.89. The molecule has 0 fully saturated rings. The van der Waals surface area contributed by atoms with E-state index in [-0.39, 0.29) is 12.0 Å². The Bertz CT molecular complexity index is 619. The molecule has 6 heteroatoms. The van der Waals surface area contributed by atoms with Crippen LogP contribution in [0.5, 0.6) is 0 Å². The second kappa shape index (κ2) is 5.90. The molecule has 0 spiro atoms. The maximum absolute atomic E-state index is 12.0. The summed E-state index contributed by atoms with van der Waals surface area (Å²) in [7, 11) is 0. The zero-order chi connectivity index (χ0) is 14.7. The molecule has 2 rings (SSSR count). The number of aromatic nitrogens is 3. The highest BCUT2D eigenvalue weighted by Gasteiger charge is 2.19. The first-order valence-corrected chi connectivity index (χ1v) is 6.86. The average Bonchev–Trinajstić information content (AvgIpc) is 2.82. The van der Waals surface area contributed by atoms with E-state index in [4.69, 9.17) is 4.74 Å². The van der Waals surface area contributed by atoms with E-state index in [1.54, 1.807) is 24.0 Å². The Kier molecular flexibility index (Phi) is 4.22. The Labute approximate surface area is 118 Å². The number of nitrogens with one attached hydrogen (secondary N) is 1. The highest BCUT2D eigenvalue weighted by Crippen LogP contribution is 2.27. The van der Waals surface area contributed by atoms with Gasteiger partial charge in [-0.3, -0.25) is 0 Å². The molecule has 108 valence electrons. The second-order valence-corrected chi connectivity index (χ2v) is 4.76. The van der Waals surface area contributed by atoms with Crippen LogP contribution >= 0.6 is 0 Å². The summed E-state index contributed by atoms with van der Waals surface area (Å²) in [5.74, 6) is -0.366. The molecule has 0 aromatic carbocycles. The Morgan fingerprint density at radius 1 is 1.40 bits per heavy atom. The second-order valence-electron chi connectivity index (χ2n) is 4.76. The molecule has 0 aliphatic heterocycles. The average molecular weight is 276 g/mol. The van der Waals surface area contributed by atoms with Crippen molar-refractivity contribution < 1.29 is 9.53 Å². The van der Waals surface area contributed by atoms with Gasteiger partial charge < -0.3 is 10.1 Å². The number of esters is 1. The standard InChI is InChI=1S/C14H20N4O2/c1-5-18-13-10(8-16-18)12(17-9(3)4)11(7-15-13)14(19)20-6-2/h7-9H,5-6H2,1-4H3,(H,15,17). The first-order chi connectivity index (χ1) is 9.58. The van der Waals surface area contributed by atoms with E-state index in [9.17, 15) is 4.79 Å². The van der Waals surface area contributed by atoms with E-state index < -0.39 is 0 Å². The molecule has 0 aliphatic rings. The van der Waals surface area contributed by atoms with Gasteiger partial charge in [0.05, 0.1) is 23.9 Å². The first-order valence-electron chi connectivity index (χ1n) is 6.86. The van der Waals surface area contributed by atoms with Crippen molar-refractivity contribution in [3.63, 3.8) is 0 Å². The zero-order valence-corrected chi connectivity index (χ0v) is 12.3. The predicted molar refractivity (Wildman–Crippen MR) is 77.9 cm³/mol. The number of aryl methyl sites for hydroxylation is 1. The third-order valence-electron chi connectivity index (χ3n) is 2.89. The maximum atomic E-state index is 12.0. The van der Waals surface area contributed by atoms with Crippen LogP contribution in [0, 0.1) is 0 Å². The molecule has 0 atom stereocenters. The predicted octanol–water partition coefficient (Wildman–Crippen LogP) is 2.45. The maximum Gasteiger partial charge on any atom is 0.341 e. The van der Waals surface area contributed by atoms with Crippen molar-refractivity contribution in [3.8, 4) is 0 Å². The Morgan fingerprint density at radius 2 is 2.15 bits per heavy atom. The molecule has 1 N–H and O–H groups in total. The van der Waals surface area contributed by atoms with Gasteiger partial charge in [0.2, 0.25) is 0 Å². The summed E-state index contributed by atoms with van der Waals surface area (Å²) in [6.07, 6.45) is 3.29. The number of rotatable bonds is 5. The summed E-state index contributed by atoms with van der Waals surface area (Å²) in [5, 5.41) is 8.43. The van der Waals surface area contributed by atoms with E-state index in [2.05, 4.69) is 15.4 Å². The van der Waals surface area contributed by atoms with Crippen LogP contribution in [0.1, 0.15) is 38.1 Å². The lowest BCUT2D eigenvalue weighted by Crippen LogP contribution is -2.16. The van der Waals surface area contributed by atoms with Gasteiger partial charge in [0.25, 0.3) is 0 Å². The molecule has 20 heavy (non-hydrogen) atoms. The van der Waals surface area contributed by atoms with Crippen molar-refractivity contribution in [2.24, 2.45) is 0 Å². The number of pyridine rings is 1. The van der Waals surface area contributed by atoms with Crippen molar-refractivity contribution in [3.05, 3.63) is 18.0 Å². The molecule has 6 nitrogen and oxygen atoms in total. The van der Waals surface area contributed by atoms with E-state index >= 15 is 0 Å². The summed E-state index contributed by atoms with van der Waals surface area (Å²) in [5.41, 5.74) is 1.95. The van der Waals surface area contributed by atoms with Crippen LogP contribution in [-0.4, -0.2) is 33.4 Å². The highest BCUT2D eigenvalue weighted by molar-refractivity contribution is 6.04. The molecule has 0 saturated carbocycles. The van der Waals surface area contributed by atoms with Crippen LogP contribution < -0.4 is 5.32 Å². The van der Waals surface area contributed by atoms with Gasteiger partial charge in [-0.1, -0.05) is 0 Å². The summed E-state index contributed by atoms with van der Waals surface area (Å²) in [4.78, 5) is 16.4. The van der Waals surface area contributed by atoms with Gasteiger partial charge in [-0.05, 0) is 27.7 Å². The van der Waals surface area contributed by atoms with E-state index in [1.165, 1.54) is 0 Å². The summed E-state index contributed by atoms with van der Waals surface area (Å²) in [6, 6.07) is 0.193. The van der Waals surface area contributed by atoms with E-state index in [0.29, 0.717) is 12.2 Å². The van der Waals surface area contributed by atoms with Gasteiger partial charge >= 0.3 is 5.97 Å². The Balaban J connectivity index is 2.59. The third-order valence-corrected chi connectivity index (χ3v) is 2.89. The minimum Gasteiger partial charge on any atom is -0.462 e. The van der Waals surface area contributed by atoms with Crippen LogP contribution in [0.25, 0.3) is 11.0 Å². The van der Waals surface area contributed by atoms with Gasteiger partial charge in [-0.25, -0.2) is 14.5 Å². The van der Waals surface area contributed by atoms with Crippen molar-refractivity contribution in [2.45, 2.75) is 40.3 Å². The molecule has 2 aromatic rings. The fraction of sp³-hybridized carbons (Fsp3) is 0.500. The number of hydrogen-bond acceptors (Lipinski definition) is 5. The number of carbonyl (C=O) groups excluding carboxylic acids is 1. The van der Waals surface area contributed by atoms with Gasteiger partial charge in [0.15, 0.2) is 5.65 Å². The summed E-state index contributed by atoms with van der Waals surface area (Å²) in [6.45, 7) is 8.90. The molecular weight excluding hydrogens is 256 g/mol. The van der Waals surface area contributed by atoms with Crippen LogP contribution in [0.2, 0.25) is 0 Å². The van der Waals surface area contributed by atoms with Crippen molar-refractivity contribution in [1.29, 1.82) is 0 Å². The third kappa shape index (κ3) is 2.59. The monoisotopic (exact) mass is 276 g/mol. The molecule has 0 unspecified atom stereocenters. The van der Waals surface area contributed by atoms with Gasteiger partial charge in [0.1, 0.15) is 5.56 Å².